The van der Waals surface area contributed by atoms with E-state index in [1.807, 2.05) is 66.7 Å². The number of hydrogen-bond acceptors (Lipinski definition) is 3. The van der Waals surface area contributed by atoms with Gasteiger partial charge < -0.3 is 4.74 Å². The van der Waals surface area contributed by atoms with E-state index in [0.29, 0.717) is 27.7 Å². The van der Waals surface area contributed by atoms with Crippen molar-refractivity contribution in [3.05, 3.63) is 96.1 Å². The van der Waals surface area contributed by atoms with Crippen molar-refractivity contribution in [1.82, 2.24) is 4.98 Å². The normalized spacial score (nSPS) is 10.6. The topological polar surface area (TPSA) is 42.4 Å². The number of rotatable bonds is 3. The van der Waals surface area contributed by atoms with Crippen LogP contribution >= 0.6 is 11.6 Å². The van der Waals surface area contributed by atoms with Crippen LogP contribution in [0.3, 0.4) is 0 Å². The summed E-state index contributed by atoms with van der Waals surface area (Å²) in [6, 6.07) is 25.7. The summed E-state index contributed by atoms with van der Waals surface area (Å²) < 4.78 is 5.72. The summed E-state index contributed by atoms with van der Waals surface area (Å²) in [5.41, 5.74) is 1.96. The first-order chi connectivity index (χ1) is 13.2. The van der Waals surface area contributed by atoms with Crippen LogP contribution in [-0.2, 0) is 0 Å². The summed E-state index contributed by atoms with van der Waals surface area (Å²) in [4.78, 5) is 18.9. The van der Waals surface area contributed by atoms with E-state index in [4.69, 9.17) is 16.3 Å². The predicted octanol–water partition coefficient (Wildman–Crippen LogP) is 6.23. The molecule has 1 amide bonds. The SMILES string of the molecule is O=C(Oc1ccc(Cl)c2cccnc12)N(c1ccccc1)c1ccccc1. The molecule has 0 aliphatic heterocycles. The van der Waals surface area contributed by atoms with Crippen molar-refractivity contribution in [1.29, 1.82) is 0 Å². The zero-order chi connectivity index (χ0) is 18.6. The monoisotopic (exact) mass is 374 g/mol. The van der Waals surface area contributed by atoms with Gasteiger partial charge in [-0.2, -0.15) is 0 Å². The molecule has 0 bridgehead atoms. The van der Waals surface area contributed by atoms with Crippen molar-refractivity contribution >= 4 is 40.0 Å². The number of carbonyl (C=O) groups is 1. The number of amides is 1. The molecule has 5 heteroatoms. The highest BCUT2D eigenvalue weighted by atomic mass is 35.5. The largest absolute Gasteiger partial charge is 0.424 e. The second-order valence-corrected chi connectivity index (χ2v) is 6.23. The smallest absolute Gasteiger partial charge is 0.407 e. The summed E-state index contributed by atoms with van der Waals surface area (Å²) in [5, 5.41) is 1.29. The fourth-order valence-corrected chi connectivity index (χ4v) is 3.06. The molecule has 0 aliphatic rings. The van der Waals surface area contributed by atoms with Crippen LogP contribution in [0.1, 0.15) is 0 Å². The molecular weight excluding hydrogens is 360 g/mol. The third kappa shape index (κ3) is 3.48. The number of nitrogens with zero attached hydrogens (tertiary/aromatic N) is 2. The zero-order valence-corrected chi connectivity index (χ0v) is 15.0. The minimum absolute atomic E-state index is 0.358. The Hall–Kier alpha value is -3.37. The summed E-state index contributed by atoms with van der Waals surface area (Å²) in [6.45, 7) is 0. The standard InChI is InChI=1S/C22H15ClN2O2/c23-19-13-14-20(21-18(19)12-7-15-24-21)27-22(26)25(16-8-3-1-4-9-16)17-10-5-2-6-11-17/h1-15H. The highest BCUT2D eigenvalue weighted by Gasteiger charge is 2.21. The Morgan fingerprint density at radius 3 is 2.07 bits per heavy atom. The minimum Gasteiger partial charge on any atom is -0.407 e. The van der Waals surface area contributed by atoms with E-state index in [-0.39, 0.29) is 0 Å². The summed E-state index contributed by atoms with van der Waals surface area (Å²) in [7, 11) is 0. The molecule has 4 rings (SSSR count). The average Bonchev–Trinajstić information content (AvgIpc) is 2.72. The molecule has 0 unspecified atom stereocenters. The lowest BCUT2D eigenvalue weighted by atomic mass is 10.2. The Kier molecular flexibility index (Phi) is 4.73. The van der Waals surface area contributed by atoms with E-state index >= 15 is 0 Å². The molecule has 0 radical (unpaired) electrons. The van der Waals surface area contributed by atoms with Crippen LogP contribution in [0, 0.1) is 0 Å². The van der Waals surface area contributed by atoms with Gasteiger partial charge in [0.05, 0.1) is 16.4 Å². The number of halogens is 1. The van der Waals surface area contributed by atoms with Crippen LogP contribution in [0.15, 0.2) is 91.1 Å². The maximum Gasteiger partial charge on any atom is 0.424 e. The minimum atomic E-state index is -0.526. The Labute approximate surface area is 161 Å². The number of ether oxygens (including phenoxy) is 1. The van der Waals surface area contributed by atoms with Crippen LogP contribution < -0.4 is 9.64 Å². The molecule has 1 aromatic heterocycles. The van der Waals surface area contributed by atoms with Gasteiger partial charge in [0.2, 0.25) is 0 Å². The molecule has 0 spiro atoms. The maximum atomic E-state index is 13.1. The van der Waals surface area contributed by atoms with Crippen molar-refractivity contribution in [2.75, 3.05) is 4.90 Å². The molecule has 4 nitrogen and oxygen atoms in total. The van der Waals surface area contributed by atoms with Gasteiger partial charge in [-0.3, -0.25) is 4.98 Å². The molecule has 0 saturated heterocycles. The Balaban J connectivity index is 1.75. The first-order valence-corrected chi connectivity index (χ1v) is 8.77. The number of anilines is 2. The van der Waals surface area contributed by atoms with Crippen LogP contribution in [0.4, 0.5) is 16.2 Å². The highest BCUT2D eigenvalue weighted by molar-refractivity contribution is 6.35. The summed E-state index contributed by atoms with van der Waals surface area (Å²) >= 11 is 6.23. The first kappa shape index (κ1) is 17.1. The van der Waals surface area contributed by atoms with Crippen molar-refractivity contribution in [3.8, 4) is 5.75 Å². The fourth-order valence-electron chi connectivity index (χ4n) is 2.85. The van der Waals surface area contributed by atoms with Crippen LogP contribution in [0.25, 0.3) is 10.9 Å². The molecule has 3 aromatic carbocycles. The number of carbonyl (C=O) groups excluding carboxylic acids is 1. The molecule has 4 aromatic rings. The maximum absolute atomic E-state index is 13.1. The van der Waals surface area contributed by atoms with Crippen molar-refractivity contribution in [3.63, 3.8) is 0 Å². The molecule has 0 aliphatic carbocycles. The zero-order valence-electron chi connectivity index (χ0n) is 14.2. The Morgan fingerprint density at radius 2 is 1.44 bits per heavy atom. The number of hydrogen-bond donors (Lipinski definition) is 0. The van der Waals surface area contributed by atoms with Gasteiger partial charge in [-0.05, 0) is 48.5 Å². The van der Waals surface area contributed by atoms with E-state index in [1.165, 1.54) is 4.90 Å². The molecule has 0 fully saturated rings. The van der Waals surface area contributed by atoms with Crippen LogP contribution in [-0.4, -0.2) is 11.1 Å². The van der Waals surface area contributed by atoms with Gasteiger partial charge in [0.25, 0.3) is 0 Å². The lowest BCUT2D eigenvalue weighted by molar-refractivity contribution is 0.211. The second-order valence-electron chi connectivity index (χ2n) is 5.82. The van der Waals surface area contributed by atoms with E-state index in [1.54, 1.807) is 24.4 Å². The van der Waals surface area contributed by atoms with E-state index in [2.05, 4.69) is 4.98 Å². The Morgan fingerprint density at radius 1 is 0.815 bits per heavy atom. The van der Waals surface area contributed by atoms with E-state index in [9.17, 15) is 4.79 Å². The van der Waals surface area contributed by atoms with Gasteiger partial charge in [0.1, 0.15) is 5.52 Å². The molecular formula is C22H15ClN2O2. The molecule has 0 saturated carbocycles. The number of para-hydroxylation sites is 2. The molecule has 132 valence electrons. The van der Waals surface area contributed by atoms with Gasteiger partial charge in [-0.15, -0.1) is 0 Å². The lowest BCUT2D eigenvalue weighted by Gasteiger charge is -2.22. The molecule has 27 heavy (non-hydrogen) atoms. The second kappa shape index (κ2) is 7.48. The van der Waals surface area contributed by atoms with Crippen molar-refractivity contribution < 1.29 is 9.53 Å². The molecule has 0 N–H and O–H groups in total. The van der Waals surface area contributed by atoms with E-state index in [0.717, 1.165) is 5.39 Å². The van der Waals surface area contributed by atoms with Gasteiger partial charge in [0.15, 0.2) is 5.75 Å². The molecule has 0 atom stereocenters. The van der Waals surface area contributed by atoms with Crippen LogP contribution in [0.2, 0.25) is 5.02 Å². The molecule has 1 heterocycles. The number of benzene rings is 3. The third-order valence-electron chi connectivity index (χ3n) is 4.09. The van der Waals surface area contributed by atoms with Crippen molar-refractivity contribution in [2.24, 2.45) is 0 Å². The van der Waals surface area contributed by atoms with Crippen LogP contribution in [0.5, 0.6) is 5.75 Å². The lowest BCUT2D eigenvalue weighted by Crippen LogP contribution is -2.29. The van der Waals surface area contributed by atoms with Gasteiger partial charge in [-0.1, -0.05) is 48.0 Å². The number of aromatic nitrogens is 1. The number of pyridine rings is 1. The van der Waals surface area contributed by atoms with Gasteiger partial charge in [0, 0.05) is 11.6 Å². The average molecular weight is 375 g/mol. The predicted molar refractivity (Wildman–Crippen MR) is 108 cm³/mol. The van der Waals surface area contributed by atoms with Crippen molar-refractivity contribution in [2.45, 2.75) is 0 Å². The van der Waals surface area contributed by atoms with Gasteiger partial charge in [-0.25, -0.2) is 9.69 Å². The summed E-state index contributed by atoms with van der Waals surface area (Å²) in [5.74, 6) is 0.358. The Bertz CT molecular complexity index is 1050. The first-order valence-electron chi connectivity index (χ1n) is 8.39. The summed E-state index contributed by atoms with van der Waals surface area (Å²) in [6.07, 6.45) is 1.11. The quantitative estimate of drug-likeness (QED) is 0.427. The number of fused-ring (bicyclic) bond motifs is 1. The third-order valence-corrected chi connectivity index (χ3v) is 4.42. The fraction of sp³-hybridized carbons (Fsp3) is 0. The van der Waals surface area contributed by atoms with Gasteiger partial charge >= 0.3 is 6.09 Å². The highest BCUT2D eigenvalue weighted by Crippen LogP contribution is 2.32. The van der Waals surface area contributed by atoms with E-state index < -0.39 is 6.09 Å².